The SMILES string of the molecule is O=C(CCCNC(=O)c1ccc([N+](=O)[O-])cc1)N=Nc1c(O)[nH]c2ccc(Cl)cc12. The fraction of sp³-hybridized carbons (Fsp3) is 0.158. The van der Waals surface area contributed by atoms with Gasteiger partial charge in [-0.1, -0.05) is 11.6 Å². The van der Waals surface area contributed by atoms with E-state index in [9.17, 15) is 24.8 Å². The van der Waals surface area contributed by atoms with Gasteiger partial charge in [-0.3, -0.25) is 19.7 Å². The minimum atomic E-state index is -0.549. The monoisotopic (exact) mass is 429 g/mol. The van der Waals surface area contributed by atoms with Gasteiger partial charge >= 0.3 is 0 Å². The number of nitrogens with one attached hydrogen (secondary N) is 2. The maximum Gasteiger partial charge on any atom is 0.269 e. The van der Waals surface area contributed by atoms with Gasteiger partial charge in [-0.25, -0.2) is 0 Å². The number of aromatic hydroxyl groups is 1. The molecule has 3 N–H and O–H groups in total. The first-order valence-corrected chi connectivity index (χ1v) is 9.20. The largest absolute Gasteiger partial charge is 0.493 e. The third-order valence-corrected chi connectivity index (χ3v) is 4.40. The van der Waals surface area contributed by atoms with Crippen LogP contribution in [0.5, 0.6) is 5.88 Å². The molecule has 30 heavy (non-hydrogen) atoms. The normalized spacial score (nSPS) is 11.1. The lowest BCUT2D eigenvalue weighted by atomic mass is 10.2. The van der Waals surface area contributed by atoms with E-state index >= 15 is 0 Å². The van der Waals surface area contributed by atoms with Crippen molar-refractivity contribution in [1.82, 2.24) is 10.3 Å². The van der Waals surface area contributed by atoms with Gasteiger partial charge in [-0.05, 0) is 36.8 Å². The van der Waals surface area contributed by atoms with Crippen LogP contribution in [0.15, 0.2) is 52.7 Å². The molecule has 10 nitrogen and oxygen atoms in total. The van der Waals surface area contributed by atoms with Crippen LogP contribution < -0.4 is 5.32 Å². The topological polar surface area (TPSA) is 150 Å². The first-order valence-electron chi connectivity index (χ1n) is 8.82. The van der Waals surface area contributed by atoms with Crippen molar-refractivity contribution in [3.8, 4) is 5.88 Å². The third kappa shape index (κ3) is 4.97. The van der Waals surface area contributed by atoms with Crippen molar-refractivity contribution in [1.29, 1.82) is 0 Å². The molecule has 0 aliphatic heterocycles. The van der Waals surface area contributed by atoms with Crippen molar-refractivity contribution in [2.45, 2.75) is 12.8 Å². The summed E-state index contributed by atoms with van der Waals surface area (Å²) < 4.78 is 0. The van der Waals surface area contributed by atoms with Crippen molar-refractivity contribution in [3.05, 3.63) is 63.2 Å². The number of hydrogen-bond acceptors (Lipinski definition) is 6. The maximum absolute atomic E-state index is 12.0. The Balaban J connectivity index is 1.49. The molecule has 0 unspecified atom stereocenters. The number of amides is 2. The summed E-state index contributed by atoms with van der Waals surface area (Å²) in [6.07, 6.45) is 0.357. The molecule has 1 heterocycles. The molecule has 2 aromatic carbocycles. The summed E-state index contributed by atoms with van der Waals surface area (Å²) >= 11 is 5.94. The number of fused-ring (bicyclic) bond motifs is 1. The fourth-order valence-electron chi connectivity index (χ4n) is 2.67. The molecule has 3 aromatic rings. The minimum absolute atomic E-state index is 0.0356. The second-order valence-corrected chi connectivity index (χ2v) is 6.71. The van der Waals surface area contributed by atoms with Crippen molar-refractivity contribution >= 4 is 45.7 Å². The number of carbonyl (C=O) groups is 2. The van der Waals surface area contributed by atoms with Crippen molar-refractivity contribution in [3.63, 3.8) is 0 Å². The molecule has 0 saturated heterocycles. The van der Waals surface area contributed by atoms with Crippen LogP contribution in [0.25, 0.3) is 10.9 Å². The van der Waals surface area contributed by atoms with Crippen LogP contribution >= 0.6 is 11.6 Å². The third-order valence-electron chi connectivity index (χ3n) is 4.17. The van der Waals surface area contributed by atoms with Crippen LogP contribution in [-0.2, 0) is 4.79 Å². The van der Waals surface area contributed by atoms with Gasteiger partial charge < -0.3 is 15.4 Å². The highest BCUT2D eigenvalue weighted by atomic mass is 35.5. The van der Waals surface area contributed by atoms with Gasteiger partial charge in [0.1, 0.15) is 0 Å². The number of H-pyrrole nitrogens is 1. The standard InChI is InChI=1S/C19H16ClN5O5/c20-12-5-8-15-14(10-12)17(19(28)22-15)24-23-16(26)2-1-9-21-18(27)11-3-6-13(7-4-11)25(29)30/h3-8,10,22,28H,1-2,9H2,(H,21,27). The number of nitrogens with zero attached hydrogens (tertiary/aromatic N) is 3. The molecule has 1 aromatic heterocycles. The number of hydrogen-bond donors (Lipinski definition) is 3. The lowest BCUT2D eigenvalue weighted by Gasteiger charge is -2.04. The van der Waals surface area contributed by atoms with E-state index in [4.69, 9.17) is 11.6 Å². The minimum Gasteiger partial charge on any atom is -0.493 e. The van der Waals surface area contributed by atoms with Crippen LogP contribution in [0.2, 0.25) is 5.02 Å². The van der Waals surface area contributed by atoms with Crippen molar-refractivity contribution in [2.75, 3.05) is 6.54 Å². The lowest BCUT2D eigenvalue weighted by Crippen LogP contribution is -2.24. The zero-order valence-corrected chi connectivity index (χ0v) is 16.2. The van der Waals surface area contributed by atoms with Gasteiger partial charge in [0, 0.05) is 41.1 Å². The van der Waals surface area contributed by atoms with Gasteiger partial charge in [0.25, 0.3) is 17.5 Å². The van der Waals surface area contributed by atoms with Gasteiger partial charge in [0.2, 0.25) is 5.88 Å². The Labute approximate surface area is 174 Å². The maximum atomic E-state index is 12.0. The summed E-state index contributed by atoms with van der Waals surface area (Å²) in [6.45, 7) is 0.213. The summed E-state index contributed by atoms with van der Waals surface area (Å²) in [5.41, 5.74) is 0.894. The van der Waals surface area contributed by atoms with Crippen LogP contribution in [0.1, 0.15) is 23.2 Å². The number of halogens is 1. The molecule has 0 atom stereocenters. The van der Waals surface area contributed by atoms with E-state index in [0.717, 1.165) is 0 Å². The molecule has 11 heteroatoms. The Hall–Kier alpha value is -3.79. The number of azo groups is 1. The Morgan fingerprint density at radius 3 is 2.63 bits per heavy atom. The highest BCUT2D eigenvalue weighted by Gasteiger charge is 2.12. The number of carbonyl (C=O) groups excluding carboxylic acids is 2. The highest BCUT2D eigenvalue weighted by Crippen LogP contribution is 2.36. The number of nitro groups is 1. The molecule has 154 valence electrons. The van der Waals surface area contributed by atoms with E-state index in [1.54, 1.807) is 18.2 Å². The predicted octanol–water partition coefficient (Wildman–Crippen LogP) is 4.26. The molecule has 2 amide bonds. The van der Waals surface area contributed by atoms with Gasteiger partial charge in [0.05, 0.1) is 10.4 Å². The molecule has 0 aliphatic rings. The van der Waals surface area contributed by atoms with Crippen LogP contribution in [0.4, 0.5) is 11.4 Å². The first-order chi connectivity index (χ1) is 14.3. The van der Waals surface area contributed by atoms with Gasteiger partial charge in [-0.15, -0.1) is 10.2 Å². The van der Waals surface area contributed by atoms with E-state index in [1.807, 2.05) is 0 Å². The molecular weight excluding hydrogens is 414 g/mol. The average Bonchev–Trinajstić information content (AvgIpc) is 3.03. The molecule has 0 aliphatic carbocycles. The molecule has 0 saturated carbocycles. The number of benzene rings is 2. The highest BCUT2D eigenvalue weighted by molar-refractivity contribution is 6.31. The van der Waals surface area contributed by atoms with Crippen LogP contribution in [-0.4, -0.2) is 33.4 Å². The summed E-state index contributed by atoms with van der Waals surface area (Å²) in [4.78, 5) is 36.7. The average molecular weight is 430 g/mol. The zero-order chi connectivity index (χ0) is 21.7. The predicted molar refractivity (Wildman–Crippen MR) is 109 cm³/mol. The molecule has 0 bridgehead atoms. The second-order valence-electron chi connectivity index (χ2n) is 6.27. The van der Waals surface area contributed by atoms with Gasteiger partial charge in [-0.2, -0.15) is 0 Å². The van der Waals surface area contributed by atoms with Gasteiger partial charge in [0.15, 0.2) is 5.69 Å². The van der Waals surface area contributed by atoms with E-state index in [2.05, 4.69) is 20.5 Å². The van der Waals surface area contributed by atoms with Crippen LogP contribution in [0, 0.1) is 10.1 Å². The van der Waals surface area contributed by atoms with E-state index < -0.39 is 16.7 Å². The molecule has 0 radical (unpaired) electrons. The number of non-ortho nitro benzene ring substituents is 1. The van der Waals surface area contributed by atoms with Crippen LogP contribution in [0.3, 0.4) is 0 Å². The van der Waals surface area contributed by atoms with E-state index in [1.165, 1.54) is 24.3 Å². The van der Waals surface area contributed by atoms with Crippen molar-refractivity contribution < 1.29 is 19.6 Å². The van der Waals surface area contributed by atoms with Crippen molar-refractivity contribution in [2.24, 2.45) is 10.2 Å². The Morgan fingerprint density at radius 1 is 1.20 bits per heavy atom. The number of nitro benzene ring substituents is 1. The lowest BCUT2D eigenvalue weighted by molar-refractivity contribution is -0.384. The summed E-state index contributed by atoms with van der Waals surface area (Å²) in [5.74, 6) is -1.14. The second kappa shape index (κ2) is 9.14. The number of aromatic amines is 1. The van der Waals surface area contributed by atoms with E-state index in [-0.39, 0.29) is 35.8 Å². The Bertz CT molecular complexity index is 1140. The number of aromatic nitrogens is 1. The van der Waals surface area contributed by atoms with E-state index in [0.29, 0.717) is 22.3 Å². The Kier molecular flexibility index (Phi) is 6.38. The number of rotatable bonds is 7. The smallest absolute Gasteiger partial charge is 0.269 e. The molecule has 0 spiro atoms. The summed E-state index contributed by atoms with van der Waals surface area (Å²) in [7, 11) is 0. The quantitative estimate of drug-likeness (QED) is 0.222. The zero-order valence-electron chi connectivity index (χ0n) is 15.5. The molecule has 0 fully saturated rings. The fourth-order valence-corrected chi connectivity index (χ4v) is 2.84. The Morgan fingerprint density at radius 2 is 1.93 bits per heavy atom. The summed E-state index contributed by atoms with van der Waals surface area (Å²) in [6, 6.07) is 10.1. The molecule has 3 rings (SSSR count). The molecular formula is C19H16ClN5O5. The first kappa shape index (κ1) is 20.9. The summed E-state index contributed by atoms with van der Waals surface area (Å²) in [5, 5.41) is 31.6.